The Kier molecular flexibility index (Phi) is 2.34. The molecule has 1 aliphatic heterocycles. The molecule has 1 aromatic heterocycles. The summed E-state index contributed by atoms with van der Waals surface area (Å²) < 4.78 is 0. The molecule has 0 atom stereocenters. The van der Waals surface area contributed by atoms with Crippen molar-refractivity contribution in [1.29, 1.82) is 0 Å². The van der Waals surface area contributed by atoms with E-state index < -0.39 is 0 Å². The molecule has 0 fully saturated rings. The summed E-state index contributed by atoms with van der Waals surface area (Å²) in [5.74, 6) is 0. The second-order valence-corrected chi connectivity index (χ2v) is 7.35. The number of hydrogen-bond acceptors (Lipinski definition) is 1. The lowest BCUT2D eigenvalue weighted by Gasteiger charge is -2.20. The fourth-order valence-electron chi connectivity index (χ4n) is 3.94. The Morgan fingerprint density at radius 3 is 2.50 bits per heavy atom. The van der Waals surface area contributed by atoms with Gasteiger partial charge in [-0.2, -0.15) is 0 Å². The van der Waals surface area contributed by atoms with Gasteiger partial charge in [-0.3, -0.25) is 0 Å². The Bertz CT molecular complexity index is 1270. The molecule has 0 bridgehead atoms. The zero-order chi connectivity index (χ0) is 15.7. The van der Waals surface area contributed by atoms with Gasteiger partial charge in [0, 0.05) is 31.5 Å². The van der Waals surface area contributed by atoms with Crippen LogP contribution in [-0.4, -0.2) is 4.98 Å². The van der Waals surface area contributed by atoms with Crippen LogP contribution in [0.15, 0.2) is 82.6 Å². The highest BCUT2D eigenvalue weighted by atomic mass is 32.2. The molecule has 6 rings (SSSR count). The Morgan fingerprint density at radius 1 is 0.667 bits per heavy atom. The Balaban J connectivity index is 1.80. The van der Waals surface area contributed by atoms with E-state index in [0.717, 1.165) is 0 Å². The summed E-state index contributed by atoms with van der Waals surface area (Å²) in [5, 5.41) is 5.31. The van der Waals surface area contributed by atoms with Crippen molar-refractivity contribution in [1.82, 2.24) is 4.98 Å². The van der Waals surface area contributed by atoms with Crippen LogP contribution in [0.1, 0.15) is 0 Å². The molecule has 0 saturated heterocycles. The predicted molar refractivity (Wildman–Crippen MR) is 103 cm³/mol. The normalized spacial score (nSPS) is 12.8. The van der Waals surface area contributed by atoms with Crippen LogP contribution in [0.3, 0.4) is 0 Å². The molecule has 0 amide bonds. The van der Waals surface area contributed by atoms with Crippen LogP contribution in [0.4, 0.5) is 0 Å². The van der Waals surface area contributed by atoms with Gasteiger partial charge >= 0.3 is 0 Å². The van der Waals surface area contributed by atoms with E-state index in [1.807, 2.05) is 11.8 Å². The van der Waals surface area contributed by atoms with Crippen LogP contribution >= 0.6 is 11.8 Å². The van der Waals surface area contributed by atoms with Crippen molar-refractivity contribution < 1.29 is 0 Å². The third-order valence-electron chi connectivity index (χ3n) is 5.00. The summed E-state index contributed by atoms with van der Waals surface area (Å²) in [5.41, 5.74) is 5.14. The minimum atomic E-state index is 1.21. The number of H-pyrrole nitrogens is 1. The zero-order valence-corrected chi connectivity index (χ0v) is 13.7. The van der Waals surface area contributed by atoms with Gasteiger partial charge in [-0.1, -0.05) is 72.4 Å². The number of aromatic nitrogens is 1. The van der Waals surface area contributed by atoms with E-state index in [0.29, 0.717) is 0 Å². The molecule has 0 radical (unpaired) electrons. The monoisotopic (exact) mass is 323 g/mol. The summed E-state index contributed by atoms with van der Waals surface area (Å²) in [7, 11) is 0. The second kappa shape index (κ2) is 4.43. The smallest absolute Gasteiger partial charge is 0.0613 e. The highest BCUT2D eigenvalue weighted by molar-refractivity contribution is 8.00. The van der Waals surface area contributed by atoms with Crippen LogP contribution in [0, 0.1) is 0 Å². The molecule has 24 heavy (non-hydrogen) atoms. The highest BCUT2D eigenvalue weighted by Gasteiger charge is 2.22. The largest absolute Gasteiger partial charge is 0.354 e. The maximum Gasteiger partial charge on any atom is 0.0613 e. The van der Waals surface area contributed by atoms with Crippen molar-refractivity contribution in [3.05, 3.63) is 72.8 Å². The third kappa shape index (κ3) is 1.51. The molecule has 5 aromatic rings. The quantitative estimate of drug-likeness (QED) is 0.333. The summed E-state index contributed by atoms with van der Waals surface area (Å²) in [6, 6.07) is 26.3. The average molecular weight is 323 g/mol. The van der Waals surface area contributed by atoms with Gasteiger partial charge in [0.15, 0.2) is 0 Å². The van der Waals surface area contributed by atoms with Gasteiger partial charge in [0.2, 0.25) is 0 Å². The van der Waals surface area contributed by atoms with E-state index >= 15 is 0 Å². The van der Waals surface area contributed by atoms with E-state index in [2.05, 4.69) is 77.8 Å². The van der Waals surface area contributed by atoms with E-state index in [9.17, 15) is 0 Å². The molecule has 112 valence electrons. The van der Waals surface area contributed by atoms with Crippen LogP contribution in [0.5, 0.6) is 0 Å². The van der Waals surface area contributed by atoms with Gasteiger partial charge in [-0.25, -0.2) is 0 Å². The van der Waals surface area contributed by atoms with Crippen LogP contribution < -0.4 is 0 Å². The fraction of sp³-hybridized carbons (Fsp3) is 0. The van der Waals surface area contributed by atoms with Gasteiger partial charge in [-0.15, -0.1) is 0 Å². The van der Waals surface area contributed by atoms with Crippen molar-refractivity contribution in [2.24, 2.45) is 0 Å². The standard InChI is InChI=1S/C22H13NS/c1-2-9-18-14(7-1)16-11-12-17-15-8-3-5-13-6-4-10-19(20(13)15)24-22(17)21(16)23-18/h1-12,23H. The van der Waals surface area contributed by atoms with Crippen LogP contribution in [0.2, 0.25) is 0 Å². The first-order chi connectivity index (χ1) is 11.9. The van der Waals surface area contributed by atoms with Crippen LogP contribution in [0.25, 0.3) is 43.7 Å². The van der Waals surface area contributed by atoms with E-state index in [4.69, 9.17) is 0 Å². The number of benzene rings is 4. The average Bonchev–Trinajstić information content (AvgIpc) is 3.01. The molecule has 2 heterocycles. The molecule has 1 nitrogen and oxygen atoms in total. The minimum absolute atomic E-state index is 1.21. The van der Waals surface area contributed by atoms with Gasteiger partial charge in [-0.05, 0) is 28.6 Å². The summed E-state index contributed by atoms with van der Waals surface area (Å²) in [4.78, 5) is 6.34. The number of nitrogens with one attached hydrogen (secondary N) is 1. The fourth-order valence-corrected chi connectivity index (χ4v) is 5.18. The first-order valence-corrected chi connectivity index (χ1v) is 8.95. The van der Waals surface area contributed by atoms with Gasteiger partial charge in [0.1, 0.15) is 0 Å². The topological polar surface area (TPSA) is 15.8 Å². The Morgan fingerprint density at radius 2 is 1.54 bits per heavy atom. The van der Waals surface area contributed by atoms with Crippen molar-refractivity contribution >= 4 is 44.3 Å². The van der Waals surface area contributed by atoms with E-state index in [1.165, 1.54) is 53.5 Å². The first-order valence-electron chi connectivity index (χ1n) is 8.13. The second-order valence-electron chi connectivity index (χ2n) is 6.30. The van der Waals surface area contributed by atoms with E-state index in [-0.39, 0.29) is 0 Å². The molecule has 0 unspecified atom stereocenters. The molecule has 0 spiro atoms. The SMILES string of the molecule is c1cc2c3c(cccc3c1)-c1ccc3c([nH]c4ccccc43)c1S2. The summed E-state index contributed by atoms with van der Waals surface area (Å²) in [6.45, 7) is 0. The van der Waals surface area contributed by atoms with Gasteiger partial charge in [0.05, 0.1) is 5.52 Å². The van der Waals surface area contributed by atoms with Crippen molar-refractivity contribution in [3.63, 3.8) is 0 Å². The Labute approximate surface area is 143 Å². The third-order valence-corrected chi connectivity index (χ3v) is 6.19. The Hall–Kier alpha value is -2.71. The van der Waals surface area contributed by atoms with Gasteiger partial charge in [0.25, 0.3) is 0 Å². The summed E-state index contributed by atoms with van der Waals surface area (Å²) >= 11 is 1.89. The molecule has 0 aliphatic carbocycles. The predicted octanol–water partition coefficient (Wildman–Crippen LogP) is 6.61. The van der Waals surface area contributed by atoms with Crippen molar-refractivity contribution in [3.8, 4) is 11.1 Å². The lowest BCUT2D eigenvalue weighted by Crippen LogP contribution is -1.93. The molecular formula is C22H13NS. The molecular weight excluding hydrogens is 310 g/mol. The lowest BCUT2D eigenvalue weighted by molar-refractivity contribution is 1.40. The number of para-hydroxylation sites is 1. The number of fused-ring (bicyclic) bond motifs is 6. The minimum Gasteiger partial charge on any atom is -0.354 e. The van der Waals surface area contributed by atoms with Gasteiger partial charge < -0.3 is 4.98 Å². The lowest BCUT2D eigenvalue weighted by atomic mass is 9.96. The number of aromatic amines is 1. The maximum atomic E-state index is 3.65. The number of hydrogen-bond donors (Lipinski definition) is 1. The zero-order valence-electron chi connectivity index (χ0n) is 12.8. The molecule has 2 heteroatoms. The van der Waals surface area contributed by atoms with E-state index in [1.54, 1.807) is 0 Å². The first kappa shape index (κ1) is 12.7. The molecule has 1 aliphatic rings. The highest BCUT2D eigenvalue weighted by Crippen LogP contribution is 2.50. The van der Waals surface area contributed by atoms with Crippen molar-refractivity contribution in [2.75, 3.05) is 0 Å². The van der Waals surface area contributed by atoms with Crippen molar-refractivity contribution in [2.45, 2.75) is 9.79 Å². The molecule has 4 aromatic carbocycles. The maximum absolute atomic E-state index is 3.65. The van der Waals surface area contributed by atoms with Crippen LogP contribution in [-0.2, 0) is 0 Å². The summed E-state index contributed by atoms with van der Waals surface area (Å²) in [6.07, 6.45) is 0. The number of rotatable bonds is 0. The molecule has 1 N–H and O–H groups in total. The molecule has 0 saturated carbocycles.